The van der Waals surface area contributed by atoms with Gasteiger partial charge in [-0.05, 0) is 73.3 Å². The van der Waals surface area contributed by atoms with Crippen LogP contribution < -0.4 is 16.8 Å². The summed E-state index contributed by atoms with van der Waals surface area (Å²) in [5.41, 5.74) is 5.91. The molecule has 0 aromatic heterocycles. The zero-order valence-corrected chi connectivity index (χ0v) is 22.0. The van der Waals surface area contributed by atoms with Crippen LogP contribution in [0.4, 0.5) is 4.39 Å². The van der Waals surface area contributed by atoms with Gasteiger partial charge in [0.2, 0.25) is 0 Å². The minimum absolute atomic E-state index is 0. The fourth-order valence-corrected chi connectivity index (χ4v) is 3.78. The summed E-state index contributed by atoms with van der Waals surface area (Å²) in [6.07, 6.45) is 11.7. The third kappa shape index (κ3) is 12.8. The number of halogens is 1. The second kappa shape index (κ2) is 17.6. The van der Waals surface area contributed by atoms with E-state index in [1.165, 1.54) is 24.8 Å². The van der Waals surface area contributed by atoms with Crippen LogP contribution in [0.5, 0.6) is 0 Å². The minimum Gasteiger partial charge on any atom is -0.391 e. The number of hydrogen-bond acceptors (Lipinski definition) is 3. The molecule has 0 saturated heterocycles. The van der Waals surface area contributed by atoms with Crippen molar-refractivity contribution in [2.24, 2.45) is 5.92 Å². The number of allylic oxidation sites excluding steroid dienone is 1. The normalized spacial score (nSPS) is 14.3. The molecule has 1 aliphatic carbocycles. The molecule has 2 atom stereocenters. The number of rotatable bonds is 14. The van der Waals surface area contributed by atoms with Crippen LogP contribution in [0.15, 0.2) is 48.9 Å². The van der Waals surface area contributed by atoms with Gasteiger partial charge < -0.3 is 16.8 Å². The third-order valence-electron chi connectivity index (χ3n) is 6.43. The van der Waals surface area contributed by atoms with Crippen molar-refractivity contribution < 1.29 is 4.39 Å². The van der Waals surface area contributed by atoms with Crippen molar-refractivity contribution in [2.75, 3.05) is 13.6 Å². The van der Waals surface area contributed by atoms with Crippen LogP contribution in [0, 0.1) is 11.7 Å². The SMILES string of the molecule is C=C=CCCC(NCCCCC(C)c1ccc(F)c(C(C)C)c1)C(=C)NC.CCC1CC1.N. The van der Waals surface area contributed by atoms with Crippen LogP contribution in [0.3, 0.4) is 0 Å². The van der Waals surface area contributed by atoms with Gasteiger partial charge in [-0.1, -0.05) is 78.7 Å². The van der Waals surface area contributed by atoms with E-state index >= 15 is 0 Å². The van der Waals surface area contributed by atoms with E-state index in [0.717, 1.165) is 55.8 Å². The second-order valence-electron chi connectivity index (χ2n) is 9.45. The van der Waals surface area contributed by atoms with E-state index in [2.05, 4.69) is 43.4 Å². The largest absolute Gasteiger partial charge is 0.391 e. The Balaban J connectivity index is 0.00000150. The van der Waals surface area contributed by atoms with Crippen molar-refractivity contribution in [1.82, 2.24) is 16.8 Å². The summed E-state index contributed by atoms with van der Waals surface area (Å²) in [7, 11) is 1.91. The Hall–Kier alpha value is -1.87. The molecule has 0 radical (unpaired) electrons. The molecule has 1 aliphatic rings. The lowest BCUT2D eigenvalue weighted by Gasteiger charge is -2.21. The summed E-state index contributed by atoms with van der Waals surface area (Å²) in [5, 5.41) is 6.75. The van der Waals surface area contributed by atoms with Crippen molar-refractivity contribution in [3.63, 3.8) is 0 Å². The maximum atomic E-state index is 13.9. The molecule has 0 spiro atoms. The van der Waals surface area contributed by atoms with Gasteiger partial charge in [0, 0.05) is 18.8 Å². The van der Waals surface area contributed by atoms with E-state index in [9.17, 15) is 4.39 Å². The zero-order valence-electron chi connectivity index (χ0n) is 22.0. The van der Waals surface area contributed by atoms with Gasteiger partial charge in [-0.2, -0.15) is 0 Å². The third-order valence-corrected chi connectivity index (χ3v) is 6.43. The van der Waals surface area contributed by atoms with Gasteiger partial charge in [-0.3, -0.25) is 0 Å². The van der Waals surface area contributed by atoms with Crippen LogP contribution >= 0.6 is 0 Å². The first-order valence-corrected chi connectivity index (χ1v) is 12.6. The molecule has 2 unspecified atom stereocenters. The molecule has 1 aromatic carbocycles. The molecule has 2 rings (SSSR count). The number of nitrogens with one attached hydrogen (secondary N) is 2. The Morgan fingerprint density at radius 2 is 1.91 bits per heavy atom. The molecular weight excluding hydrogens is 409 g/mol. The highest BCUT2D eigenvalue weighted by Crippen LogP contribution is 2.31. The van der Waals surface area contributed by atoms with Gasteiger partial charge in [0.1, 0.15) is 5.82 Å². The van der Waals surface area contributed by atoms with Crippen LogP contribution in [0.1, 0.15) is 102 Å². The summed E-state index contributed by atoms with van der Waals surface area (Å²) in [6.45, 7) is 17.3. The number of likely N-dealkylation sites (N-methyl/N-ethyl adjacent to an activating group) is 1. The van der Waals surface area contributed by atoms with Crippen molar-refractivity contribution >= 4 is 0 Å². The summed E-state index contributed by atoms with van der Waals surface area (Å²) in [6, 6.07) is 5.87. The van der Waals surface area contributed by atoms with Gasteiger partial charge in [0.25, 0.3) is 0 Å². The Bertz CT molecular complexity index is 718. The lowest BCUT2D eigenvalue weighted by molar-refractivity contribution is 0.493. The monoisotopic (exact) mass is 459 g/mol. The number of hydrogen-bond donors (Lipinski definition) is 3. The molecule has 5 N–H and O–H groups in total. The lowest BCUT2D eigenvalue weighted by Crippen LogP contribution is -2.35. The van der Waals surface area contributed by atoms with E-state index in [0.29, 0.717) is 5.92 Å². The highest BCUT2D eigenvalue weighted by Gasteiger charge is 2.17. The summed E-state index contributed by atoms with van der Waals surface area (Å²) >= 11 is 0. The first-order chi connectivity index (χ1) is 15.3. The fraction of sp³-hybridized carbons (Fsp3) is 0.621. The first kappa shape index (κ1) is 31.1. The summed E-state index contributed by atoms with van der Waals surface area (Å²) in [5.74, 6) is 1.71. The standard InChI is InChI=1S/C24H37FN2.C5H10.H3N/c1-7-8-9-13-24(20(5)26-6)27-16-11-10-12-19(4)21-14-15-23(25)22(17-21)18(2)3;1-2-5-3-4-5;/h8,14-15,17-19,24,26-27H,1,5,9-13,16H2,2-4,6H3;5H,2-4H2,1H3;1H3. The smallest absolute Gasteiger partial charge is 0.126 e. The highest BCUT2D eigenvalue weighted by molar-refractivity contribution is 5.29. The van der Waals surface area contributed by atoms with E-state index in [1.54, 1.807) is 6.07 Å². The van der Waals surface area contributed by atoms with Gasteiger partial charge in [0.15, 0.2) is 0 Å². The Morgan fingerprint density at radius 3 is 2.42 bits per heavy atom. The van der Waals surface area contributed by atoms with Crippen LogP contribution in [0.2, 0.25) is 0 Å². The van der Waals surface area contributed by atoms with E-state index in [1.807, 2.05) is 39.1 Å². The summed E-state index contributed by atoms with van der Waals surface area (Å²) < 4.78 is 13.9. The Kier molecular flexibility index (Phi) is 16.6. The Labute approximate surface area is 203 Å². The van der Waals surface area contributed by atoms with Crippen molar-refractivity contribution in [3.8, 4) is 0 Å². The topological polar surface area (TPSA) is 59.1 Å². The Morgan fingerprint density at radius 1 is 1.21 bits per heavy atom. The van der Waals surface area contributed by atoms with Gasteiger partial charge in [0.05, 0.1) is 0 Å². The average Bonchev–Trinajstić information content (AvgIpc) is 3.62. The quantitative estimate of drug-likeness (QED) is 0.195. The van der Waals surface area contributed by atoms with E-state index < -0.39 is 0 Å². The maximum absolute atomic E-state index is 13.9. The first-order valence-electron chi connectivity index (χ1n) is 12.6. The second-order valence-corrected chi connectivity index (χ2v) is 9.45. The molecule has 0 heterocycles. The predicted octanol–water partition coefficient (Wildman–Crippen LogP) is 8.00. The molecule has 33 heavy (non-hydrogen) atoms. The molecule has 0 amide bonds. The molecule has 0 aliphatic heterocycles. The van der Waals surface area contributed by atoms with Gasteiger partial charge in [-0.15, -0.1) is 5.73 Å². The molecular formula is C29H50FN3. The average molecular weight is 460 g/mol. The van der Waals surface area contributed by atoms with Crippen molar-refractivity contribution in [3.05, 3.63) is 65.8 Å². The molecule has 3 nitrogen and oxygen atoms in total. The zero-order chi connectivity index (χ0) is 23.9. The van der Waals surface area contributed by atoms with Gasteiger partial charge >= 0.3 is 0 Å². The van der Waals surface area contributed by atoms with Crippen LogP contribution in [-0.4, -0.2) is 19.6 Å². The molecule has 188 valence electrons. The van der Waals surface area contributed by atoms with Crippen molar-refractivity contribution in [1.29, 1.82) is 0 Å². The molecule has 1 fully saturated rings. The van der Waals surface area contributed by atoms with Crippen LogP contribution in [0.25, 0.3) is 0 Å². The van der Waals surface area contributed by atoms with Crippen molar-refractivity contribution in [2.45, 2.75) is 96.9 Å². The molecule has 1 saturated carbocycles. The summed E-state index contributed by atoms with van der Waals surface area (Å²) in [4.78, 5) is 0. The molecule has 4 heteroatoms. The highest BCUT2D eigenvalue weighted by atomic mass is 19.1. The van der Waals surface area contributed by atoms with E-state index in [4.69, 9.17) is 0 Å². The number of unbranched alkanes of at least 4 members (excludes halogenated alkanes) is 1. The minimum atomic E-state index is -0.0905. The lowest BCUT2D eigenvalue weighted by atomic mass is 9.91. The fourth-order valence-electron chi connectivity index (χ4n) is 3.78. The predicted molar refractivity (Wildman–Crippen MR) is 144 cm³/mol. The number of benzene rings is 1. The molecule has 1 aromatic rings. The van der Waals surface area contributed by atoms with Gasteiger partial charge in [-0.25, -0.2) is 4.39 Å². The molecule has 0 bridgehead atoms. The van der Waals surface area contributed by atoms with E-state index in [-0.39, 0.29) is 23.9 Å². The maximum Gasteiger partial charge on any atom is 0.126 e. The van der Waals surface area contributed by atoms with Crippen LogP contribution in [-0.2, 0) is 0 Å².